The molecular formula is C12H24BrN5S. The van der Waals surface area contributed by atoms with E-state index < -0.39 is 0 Å². The van der Waals surface area contributed by atoms with Crippen molar-refractivity contribution in [2.75, 3.05) is 26.4 Å². The number of halogens is 1. The molecule has 0 aliphatic rings. The zero-order valence-corrected chi connectivity index (χ0v) is 14.5. The third-order valence-electron chi connectivity index (χ3n) is 2.72. The molecule has 1 atom stereocenters. The molecular weight excluding hydrogens is 326 g/mol. The summed E-state index contributed by atoms with van der Waals surface area (Å²) >= 11 is 5.46. The fourth-order valence-corrected chi connectivity index (χ4v) is 3.09. The Bertz CT molecular complexity index is 380. The summed E-state index contributed by atoms with van der Waals surface area (Å²) < 4.78 is 3.04. The number of hydrogen-bond donors (Lipinski definition) is 2. The van der Waals surface area contributed by atoms with E-state index in [0.29, 0.717) is 5.25 Å². The summed E-state index contributed by atoms with van der Waals surface area (Å²) in [5, 5.41) is 5.01. The zero-order chi connectivity index (χ0) is 14.4. The van der Waals surface area contributed by atoms with Gasteiger partial charge in [0.2, 0.25) is 0 Å². The Balaban J connectivity index is 2.80. The van der Waals surface area contributed by atoms with Gasteiger partial charge in [0.1, 0.15) is 0 Å². The maximum atomic E-state index is 5.71. The molecule has 0 aromatic carbocycles. The lowest BCUT2D eigenvalue weighted by atomic mass is 10.2. The molecule has 0 aliphatic carbocycles. The zero-order valence-electron chi connectivity index (χ0n) is 12.1. The van der Waals surface area contributed by atoms with Gasteiger partial charge >= 0.3 is 0 Å². The summed E-state index contributed by atoms with van der Waals surface area (Å²) in [6.07, 6.45) is 1.84. The molecule has 0 aliphatic heterocycles. The lowest BCUT2D eigenvalue weighted by molar-refractivity contribution is 0.364. The van der Waals surface area contributed by atoms with Crippen LogP contribution in [0.15, 0.2) is 10.7 Å². The van der Waals surface area contributed by atoms with Crippen molar-refractivity contribution in [1.82, 2.24) is 20.1 Å². The SMILES string of the molecule is CC(C)SCC(NN)c1c(Br)cnn1CCN(C)C. The topological polar surface area (TPSA) is 59.1 Å². The molecule has 1 aromatic rings. The van der Waals surface area contributed by atoms with E-state index >= 15 is 0 Å². The van der Waals surface area contributed by atoms with Gasteiger partial charge in [-0.3, -0.25) is 16.0 Å². The van der Waals surface area contributed by atoms with Crippen molar-refractivity contribution < 1.29 is 0 Å². The average Bonchev–Trinajstić information content (AvgIpc) is 2.69. The molecule has 0 saturated heterocycles. The number of thioether (sulfide) groups is 1. The van der Waals surface area contributed by atoms with E-state index in [2.05, 4.69) is 59.3 Å². The molecule has 0 spiro atoms. The van der Waals surface area contributed by atoms with Gasteiger partial charge in [-0.1, -0.05) is 13.8 Å². The first kappa shape index (κ1) is 17.0. The molecule has 19 heavy (non-hydrogen) atoms. The predicted molar refractivity (Wildman–Crippen MR) is 86.1 cm³/mol. The first-order chi connectivity index (χ1) is 8.95. The second-order valence-electron chi connectivity index (χ2n) is 5.01. The van der Waals surface area contributed by atoms with Gasteiger partial charge in [-0.15, -0.1) is 0 Å². The van der Waals surface area contributed by atoms with Gasteiger partial charge in [-0.25, -0.2) is 0 Å². The Morgan fingerprint density at radius 1 is 1.53 bits per heavy atom. The van der Waals surface area contributed by atoms with Crippen LogP contribution in [0.3, 0.4) is 0 Å². The van der Waals surface area contributed by atoms with Gasteiger partial charge in [0.05, 0.1) is 29.0 Å². The van der Waals surface area contributed by atoms with Crippen LogP contribution in [0.1, 0.15) is 25.6 Å². The third kappa shape index (κ3) is 5.43. The molecule has 0 radical (unpaired) electrons. The monoisotopic (exact) mass is 349 g/mol. The van der Waals surface area contributed by atoms with Crippen LogP contribution in [0.5, 0.6) is 0 Å². The van der Waals surface area contributed by atoms with Gasteiger partial charge in [-0.05, 0) is 35.3 Å². The first-order valence-corrected chi connectivity index (χ1v) is 8.23. The number of aromatic nitrogens is 2. The summed E-state index contributed by atoms with van der Waals surface area (Å²) in [6.45, 7) is 6.20. The summed E-state index contributed by atoms with van der Waals surface area (Å²) in [7, 11) is 4.12. The molecule has 1 rings (SSSR count). The largest absolute Gasteiger partial charge is 0.308 e. The second kappa shape index (κ2) is 8.26. The van der Waals surface area contributed by atoms with Crippen molar-refractivity contribution in [2.45, 2.75) is 31.7 Å². The quantitative estimate of drug-likeness (QED) is 0.554. The number of nitrogens with zero attached hydrogens (tertiary/aromatic N) is 3. The normalized spacial score (nSPS) is 13.5. The van der Waals surface area contributed by atoms with Crippen LogP contribution in [0.4, 0.5) is 0 Å². The Kier molecular flexibility index (Phi) is 7.38. The smallest absolute Gasteiger partial charge is 0.0730 e. The average molecular weight is 350 g/mol. The van der Waals surface area contributed by atoms with Gasteiger partial charge < -0.3 is 4.90 Å². The van der Waals surface area contributed by atoms with Crippen molar-refractivity contribution >= 4 is 27.7 Å². The highest BCUT2D eigenvalue weighted by Crippen LogP contribution is 2.26. The van der Waals surface area contributed by atoms with E-state index in [1.54, 1.807) is 0 Å². The van der Waals surface area contributed by atoms with Crippen LogP contribution < -0.4 is 11.3 Å². The highest BCUT2D eigenvalue weighted by atomic mass is 79.9. The Morgan fingerprint density at radius 2 is 2.21 bits per heavy atom. The molecule has 0 saturated carbocycles. The standard InChI is InChI=1S/C12H24BrN5S/c1-9(2)19-8-11(16-14)12-10(13)7-15-18(12)6-5-17(3)4/h7,9,11,16H,5-6,8,14H2,1-4H3. The lowest BCUT2D eigenvalue weighted by Crippen LogP contribution is -2.33. The second-order valence-corrected chi connectivity index (χ2v) is 7.47. The Morgan fingerprint density at radius 3 is 2.74 bits per heavy atom. The van der Waals surface area contributed by atoms with Crippen molar-refractivity contribution in [2.24, 2.45) is 5.84 Å². The van der Waals surface area contributed by atoms with E-state index in [1.807, 2.05) is 22.6 Å². The maximum absolute atomic E-state index is 5.71. The fourth-order valence-electron chi connectivity index (χ4n) is 1.69. The lowest BCUT2D eigenvalue weighted by Gasteiger charge is -2.20. The van der Waals surface area contributed by atoms with Gasteiger partial charge in [-0.2, -0.15) is 16.9 Å². The molecule has 5 nitrogen and oxygen atoms in total. The van der Waals surface area contributed by atoms with Crippen LogP contribution in [-0.4, -0.2) is 46.3 Å². The summed E-state index contributed by atoms with van der Waals surface area (Å²) in [5.41, 5.74) is 4.03. The number of nitrogens with two attached hydrogens (primary N) is 1. The number of rotatable bonds is 8. The molecule has 0 amide bonds. The molecule has 110 valence electrons. The molecule has 0 bridgehead atoms. The molecule has 7 heteroatoms. The molecule has 0 fully saturated rings. The maximum Gasteiger partial charge on any atom is 0.0730 e. The van der Waals surface area contributed by atoms with Crippen LogP contribution in [0.2, 0.25) is 0 Å². The minimum Gasteiger partial charge on any atom is -0.308 e. The fraction of sp³-hybridized carbons (Fsp3) is 0.750. The number of likely N-dealkylation sites (N-methyl/N-ethyl adjacent to an activating group) is 1. The van der Waals surface area contributed by atoms with Crippen molar-refractivity contribution in [1.29, 1.82) is 0 Å². The van der Waals surface area contributed by atoms with Crippen molar-refractivity contribution in [3.63, 3.8) is 0 Å². The van der Waals surface area contributed by atoms with Gasteiger partial charge in [0, 0.05) is 12.3 Å². The van der Waals surface area contributed by atoms with Crippen molar-refractivity contribution in [3.05, 3.63) is 16.4 Å². The molecule has 3 N–H and O–H groups in total. The summed E-state index contributed by atoms with van der Waals surface area (Å²) in [6, 6.07) is 0.103. The Hall–Kier alpha value is -0.0800. The number of nitrogens with one attached hydrogen (secondary N) is 1. The van der Waals surface area contributed by atoms with Crippen LogP contribution >= 0.6 is 27.7 Å². The number of hydrazine groups is 1. The van der Waals surface area contributed by atoms with E-state index in [0.717, 1.165) is 29.0 Å². The minimum absolute atomic E-state index is 0.103. The van der Waals surface area contributed by atoms with Crippen molar-refractivity contribution in [3.8, 4) is 0 Å². The van der Waals surface area contributed by atoms with E-state index in [1.165, 1.54) is 0 Å². The first-order valence-electron chi connectivity index (χ1n) is 6.39. The number of hydrogen-bond acceptors (Lipinski definition) is 5. The molecule has 1 unspecified atom stereocenters. The highest BCUT2D eigenvalue weighted by Gasteiger charge is 2.19. The van der Waals surface area contributed by atoms with Gasteiger partial charge in [0.25, 0.3) is 0 Å². The highest BCUT2D eigenvalue weighted by molar-refractivity contribution is 9.10. The minimum atomic E-state index is 0.103. The van der Waals surface area contributed by atoms with Crippen LogP contribution in [-0.2, 0) is 6.54 Å². The van der Waals surface area contributed by atoms with Crippen LogP contribution in [0, 0.1) is 0 Å². The third-order valence-corrected chi connectivity index (χ3v) is 4.52. The van der Waals surface area contributed by atoms with E-state index in [4.69, 9.17) is 5.84 Å². The summed E-state index contributed by atoms with van der Waals surface area (Å²) in [4.78, 5) is 2.15. The predicted octanol–water partition coefficient (Wildman–Crippen LogP) is 1.85. The van der Waals surface area contributed by atoms with E-state index in [9.17, 15) is 0 Å². The van der Waals surface area contributed by atoms with Crippen LogP contribution in [0.25, 0.3) is 0 Å². The molecule has 1 heterocycles. The molecule has 1 aromatic heterocycles. The van der Waals surface area contributed by atoms with Gasteiger partial charge in [0.15, 0.2) is 0 Å². The Labute approximate surface area is 128 Å². The summed E-state index contributed by atoms with van der Waals surface area (Å²) in [5.74, 6) is 6.64. The van der Waals surface area contributed by atoms with E-state index in [-0.39, 0.29) is 6.04 Å².